The summed E-state index contributed by atoms with van der Waals surface area (Å²) in [6.07, 6.45) is 0.341. The molecular formula is C17H16O5. The van der Waals surface area contributed by atoms with Crippen LogP contribution in [0.4, 0.5) is 0 Å². The molecule has 5 heteroatoms. The maximum absolute atomic E-state index is 12.5. The van der Waals surface area contributed by atoms with Gasteiger partial charge in [-0.05, 0) is 23.6 Å². The highest BCUT2D eigenvalue weighted by molar-refractivity contribution is 6.12. The SMILES string of the molecule is CCc1c(O)cc(O)cc1C(C(=O)O)C(=O)c1ccccc1. The highest BCUT2D eigenvalue weighted by atomic mass is 16.4. The van der Waals surface area contributed by atoms with Crippen molar-refractivity contribution in [1.82, 2.24) is 0 Å². The molecule has 2 aromatic carbocycles. The number of carbonyl (C=O) groups excluding carboxylic acids is 1. The van der Waals surface area contributed by atoms with Gasteiger partial charge in [-0.2, -0.15) is 0 Å². The van der Waals surface area contributed by atoms with E-state index in [1.807, 2.05) is 0 Å². The Morgan fingerprint density at radius 3 is 2.27 bits per heavy atom. The molecule has 22 heavy (non-hydrogen) atoms. The number of phenolic OH excluding ortho intramolecular Hbond substituents is 2. The standard InChI is InChI=1S/C17H16O5/c1-2-12-13(8-11(18)9-14(12)19)15(17(21)22)16(20)10-6-4-3-5-7-10/h3-9,15,18-19H,2H2,1H3,(H,21,22). The van der Waals surface area contributed by atoms with E-state index in [4.69, 9.17) is 0 Å². The van der Waals surface area contributed by atoms with E-state index in [9.17, 15) is 24.9 Å². The number of hydrogen-bond acceptors (Lipinski definition) is 4. The first kappa shape index (κ1) is 15.6. The summed E-state index contributed by atoms with van der Waals surface area (Å²) in [6.45, 7) is 1.74. The lowest BCUT2D eigenvalue weighted by atomic mass is 9.86. The van der Waals surface area contributed by atoms with E-state index in [-0.39, 0.29) is 22.6 Å². The van der Waals surface area contributed by atoms with E-state index in [0.717, 1.165) is 6.07 Å². The van der Waals surface area contributed by atoms with Crippen LogP contribution in [0.5, 0.6) is 11.5 Å². The molecule has 0 saturated heterocycles. The number of rotatable bonds is 5. The summed E-state index contributed by atoms with van der Waals surface area (Å²) in [6, 6.07) is 10.4. The Hall–Kier alpha value is -2.82. The van der Waals surface area contributed by atoms with Crippen LogP contribution < -0.4 is 0 Å². The number of aliphatic carboxylic acids is 1. The average molecular weight is 300 g/mol. The van der Waals surface area contributed by atoms with E-state index in [2.05, 4.69) is 0 Å². The molecule has 0 bridgehead atoms. The number of carbonyl (C=O) groups is 2. The minimum absolute atomic E-state index is 0.112. The first-order valence-corrected chi connectivity index (χ1v) is 6.82. The number of aromatic hydroxyl groups is 2. The van der Waals surface area contributed by atoms with Gasteiger partial charge in [0.1, 0.15) is 17.4 Å². The summed E-state index contributed by atoms with van der Waals surface area (Å²) in [4.78, 5) is 24.2. The maximum Gasteiger partial charge on any atom is 0.318 e. The Morgan fingerprint density at radius 1 is 1.09 bits per heavy atom. The fourth-order valence-corrected chi connectivity index (χ4v) is 2.46. The second kappa shape index (κ2) is 6.30. The number of carboxylic acid groups (broad SMARTS) is 1. The predicted molar refractivity (Wildman–Crippen MR) is 80.3 cm³/mol. The van der Waals surface area contributed by atoms with Gasteiger partial charge in [0, 0.05) is 11.6 Å². The third kappa shape index (κ3) is 2.93. The van der Waals surface area contributed by atoms with Gasteiger partial charge >= 0.3 is 5.97 Å². The van der Waals surface area contributed by atoms with E-state index < -0.39 is 17.7 Å². The van der Waals surface area contributed by atoms with Crippen molar-refractivity contribution >= 4 is 11.8 Å². The van der Waals surface area contributed by atoms with Crippen molar-refractivity contribution in [3.63, 3.8) is 0 Å². The van der Waals surface area contributed by atoms with Crippen molar-refractivity contribution < 1.29 is 24.9 Å². The van der Waals surface area contributed by atoms with Gasteiger partial charge in [0.2, 0.25) is 0 Å². The van der Waals surface area contributed by atoms with Crippen LogP contribution in [0.2, 0.25) is 0 Å². The van der Waals surface area contributed by atoms with E-state index >= 15 is 0 Å². The quantitative estimate of drug-likeness (QED) is 0.583. The van der Waals surface area contributed by atoms with Gasteiger partial charge in [-0.1, -0.05) is 37.3 Å². The van der Waals surface area contributed by atoms with E-state index in [0.29, 0.717) is 12.0 Å². The van der Waals surface area contributed by atoms with Crippen LogP contribution in [-0.4, -0.2) is 27.1 Å². The molecule has 2 aromatic rings. The summed E-state index contributed by atoms with van der Waals surface area (Å²) >= 11 is 0. The van der Waals surface area contributed by atoms with Gasteiger partial charge in [0.15, 0.2) is 5.78 Å². The molecule has 0 saturated carbocycles. The second-order valence-electron chi connectivity index (χ2n) is 4.89. The van der Waals surface area contributed by atoms with Crippen LogP contribution in [0, 0.1) is 0 Å². The third-order valence-corrected chi connectivity index (χ3v) is 3.48. The Balaban J connectivity index is 2.59. The molecule has 114 valence electrons. The van der Waals surface area contributed by atoms with Crippen molar-refractivity contribution in [2.24, 2.45) is 0 Å². The van der Waals surface area contributed by atoms with Crippen LogP contribution in [0.3, 0.4) is 0 Å². The monoisotopic (exact) mass is 300 g/mol. The van der Waals surface area contributed by atoms with Gasteiger partial charge in [-0.3, -0.25) is 9.59 Å². The molecule has 0 radical (unpaired) electrons. The number of benzene rings is 2. The molecule has 0 aliphatic heterocycles. The van der Waals surface area contributed by atoms with Crippen molar-refractivity contribution in [1.29, 1.82) is 0 Å². The largest absolute Gasteiger partial charge is 0.508 e. The summed E-state index contributed by atoms with van der Waals surface area (Å²) < 4.78 is 0. The number of Topliss-reactive ketones (excluding diaryl/α,β-unsaturated/α-hetero) is 1. The van der Waals surface area contributed by atoms with E-state index in [1.165, 1.54) is 18.2 Å². The molecule has 1 atom stereocenters. The topological polar surface area (TPSA) is 94.8 Å². The molecule has 0 aliphatic rings. The number of ketones is 1. The Kier molecular flexibility index (Phi) is 4.46. The van der Waals surface area contributed by atoms with Crippen LogP contribution in [0.1, 0.15) is 34.3 Å². The molecule has 0 fully saturated rings. The van der Waals surface area contributed by atoms with Crippen molar-refractivity contribution in [3.05, 3.63) is 59.2 Å². The zero-order valence-corrected chi connectivity index (χ0v) is 12.0. The molecule has 0 spiro atoms. The van der Waals surface area contributed by atoms with Gasteiger partial charge in [-0.25, -0.2) is 0 Å². The van der Waals surface area contributed by atoms with Crippen molar-refractivity contribution in [3.8, 4) is 11.5 Å². The van der Waals surface area contributed by atoms with Gasteiger partial charge in [0.05, 0.1) is 0 Å². The lowest BCUT2D eigenvalue weighted by Gasteiger charge is -2.17. The van der Waals surface area contributed by atoms with Crippen LogP contribution in [-0.2, 0) is 11.2 Å². The average Bonchev–Trinajstić information content (AvgIpc) is 2.47. The third-order valence-electron chi connectivity index (χ3n) is 3.48. The number of phenols is 2. The van der Waals surface area contributed by atoms with Gasteiger partial charge in [0.25, 0.3) is 0 Å². The predicted octanol–water partition coefficient (Wildman–Crippen LogP) is 2.71. The molecule has 5 nitrogen and oxygen atoms in total. The first-order chi connectivity index (χ1) is 10.5. The molecule has 3 N–H and O–H groups in total. The fraction of sp³-hybridized carbons (Fsp3) is 0.176. The maximum atomic E-state index is 12.5. The Morgan fingerprint density at radius 2 is 1.73 bits per heavy atom. The Bertz CT molecular complexity index is 706. The van der Waals surface area contributed by atoms with Crippen molar-refractivity contribution in [2.75, 3.05) is 0 Å². The molecule has 0 aromatic heterocycles. The smallest absolute Gasteiger partial charge is 0.318 e. The Labute approximate surface area is 127 Å². The zero-order valence-electron chi connectivity index (χ0n) is 12.0. The fourth-order valence-electron chi connectivity index (χ4n) is 2.46. The lowest BCUT2D eigenvalue weighted by molar-refractivity contribution is -0.137. The van der Waals surface area contributed by atoms with Crippen LogP contribution >= 0.6 is 0 Å². The van der Waals surface area contributed by atoms with Crippen LogP contribution in [0.15, 0.2) is 42.5 Å². The summed E-state index contributed by atoms with van der Waals surface area (Å²) in [5, 5.41) is 29.0. The minimum atomic E-state index is -1.48. The van der Waals surface area contributed by atoms with Gasteiger partial charge < -0.3 is 15.3 Å². The molecule has 0 amide bonds. The van der Waals surface area contributed by atoms with E-state index in [1.54, 1.807) is 25.1 Å². The molecular weight excluding hydrogens is 284 g/mol. The second-order valence-corrected chi connectivity index (χ2v) is 4.89. The number of hydrogen-bond donors (Lipinski definition) is 3. The zero-order chi connectivity index (χ0) is 16.3. The molecule has 0 aliphatic carbocycles. The molecule has 0 heterocycles. The number of carboxylic acids is 1. The summed E-state index contributed by atoms with van der Waals surface area (Å²) in [7, 11) is 0. The summed E-state index contributed by atoms with van der Waals surface area (Å²) in [5.74, 6) is -3.89. The lowest BCUT2D eigenvalue weighted by Crippen LogP contribution is -2.23. The van der Waals surface area contributed by atoms with Crippen LogP contribution in [0.25, 0.3) is 0 Å². The highest BCUT2D eigenvalue weighted by Gasteiger charge is 2.32. The van der Waals surface area contributed by atoms with Gasteiger partial charge in [-0.15, -0.1) is 0 Å². The highest BCUT2D eigenvalue weighted by Crippen LogP contribution is 2.34. The first-order valence-electron chi connectivity index (χ1n) is 6.82. The minimum Gasteiger partial charge on any atom is -0.508 e. The van der Waals surface area contributed by atoms with Crippen molar-refractivity contribution in [2.45, 2.75) is 19.3 Å². The molecule has 1 unspecified atom stereocenters. The normalized spacial score (nSPS) is 11.9. The summed E-state index contributed by atoms with van der Waals surface area (Å²) in [5.41, 5.74) is 0.718. The molecule has 2 rings (SSSR count).